The number of β-amino-alcohol motifs (C(OH)–C–C–N with tert-alkyl or cyclic N) is 1. The summed E-state index contributed by atoms with van der Waals surface area (Å²) in [5.41, 5.74) is -0.293. The number of benzene rings is 1. The summed E-state index contributed by atoms with van der Waals surface area (Å²) in [5.74, 6) is -3.08. The number of likely N-dealkylation sites (tertiary alicyclic amines) is 1. The van der Waals surface area contributed by atoms with Gasteiger partial charge in [0.15, 0.2) is 0 Å². The van der Waals surface area contributed by atoms with Gasteiger partial charge in [-0.1, -0.05) is 0 Å². The van der Waals surface area contributed by atoms with Gasteiger partial charge in [-0.2, -0.15) is 0 Å². The fourth-order valence-electron chi connectivity index (χ4n) is 2.08. The van der Waals surface area contributed by atoms with Crippen molar-refractivity contribution in [2.45, 2.75) is 18.6 Å². The predicted molar refractivity (Wildman–Crippen MR) is 71.8 cm³/mol. The summed E-state index contributed by atoms with van der Waals surface area (Å²) >= 11 is 2.86. The van der Waals surface area contributed by atoms with Crippen molar-refractivity contribution in [2.75, 3.05) is 11.9 Å². The molecular weight excluding hydrogens is 354 g/mol. The van der Waals surface area contributed by atoms with Crippen LogP contribution in [0.15, 0.2) is 16.6 Å². The van der Waals surface area contributed by atoms with Crippen molar-refractivity contribution in [3.05, 3.63) is 28.2 Å². The first-order valence-electron chi connectivity index (χ1n) is 5.92. The van der Waals surface area contributed by atoms with Gasteiger partial charge in [-0.25, -0.2) is 18.4 Å². The van der Waals surface area contributed by atoms with E-state index in [2.05, 4.69) is 21.2 Å². The van der Waals surface area contributed by atoms with Crippen LogP contribution in [0.4, 0.5) is 19.3 Å². The highest BCUT2D eigenvalue weighted by molar-refractivity contribution is 9.10. The van der Waals surface area contributed by atoms with Crippen LogP contribution in [-0.4, -0.2) is 45.8 Å². The summed E-state index contributed by atoms with van der Waals surface area (Å²) in [7, 11) is 0. The normalized spacial score (nSPS) is 21.4. The number of nitrogens with zero attached hydrogens (tertiary/aromatic N) is 1. The maximum atomic E-state index is 13.6. The van der Waals surface area contributed by atoms with Crippen LogP contribution in [0.1, 0.15) is 6.42 Å². The van der Waals surface area contributed by atoms with Gasteiger partial charge in [-0.05, 0) is 22.0 Å². The lowest BCUT2D eigenvalue weighted by Crippen LogP contribution is -2.43. The number of aliphatic carboxylic acids is 1. The van der Waals surface area contributed by atoms with Gasteiger partial charge in [-0.15, -0.1) is 0 Å². The first-order valence-corrected chi connectivity index (χ1v) is 6.72. The quantitative estimate of drug-likeness (QED) is 0.697. The molecule has 1 fully saturated rings. The molecule has 1 saturated heterocycles. The highest BCUT2D eigenvalue weighted by atomic mass is 79.9. The molecule has 0 bridgehead atoms. The lowest BCUT2D eigenvalue weighted by Gasteiger charge is -2.21. The van der Waals surface area contributed by atoms with Crippen LogP contribution in [0.3, 0.4) is 0 Å². The molecule has 114 valence electrons. The lowest BCUT2D eigenvalue weighted by molar-refractivity contribution is -0.141. The standard InChI is InChI=1S/C12H11BrF2N2O4/c13-6-2-9(8(15)3-7(6)14)16-12(21)17-4-5(18)1-10(17)11(19)20/h2-3,5,10,18H,1,4H2,(H,16,21)(H,19,20)/t5?,10-/m0/s1. The number of urea groups is 1. The van der Waals surface area contributed by atoms with Crippen molar-refractivity contribution < 1.29 is 28.6 Å². The topological polar surface area (TPSA) is 89.9 Å². The van der Waals surface area contributed by atoms with Crippen molar-refractivity contribution in [1.82, 2.24) is 4.90 Å². The summed E-state index contributed by atoms with van der Waals surface area (Å²) in [5, 5.41) is 20.6. The summed E-state index contributed by atoms with van der Waals surface area (Å²) in [6.07, 6.45) is -1.06. The van der Waals surface area contributed by atoms with Gasteiger partial charge in [0.2, 0.25) is 0 Å². The molecule has 0 aromatic heterocycles. The number of halogens is 3. The number of amides is 2. The van der Waals surface area contributed by atoms with Crippen LogP contribution >= 0.6 is 15.9 Å². The first-order chi connectivity index (χ1) is 9.79. The Morgan fingerprint density at radius 2 is 2.00 bits per heavy atom. The number of hydrogen-bond acceptors (Lipinski definition) is 3. The Kier molecular flexibility index (Phi) is 4.43. The molecule has 1 heterocycles. The first kappa shape index (κ1) is 15.6. The van der Waals surface area contributed by atoms with E-state index in [1.54, 1.807) is 0 Å². The molecule has 2 amide bonds. The third kappa shape index (κ3) is 3.30. The number of carboxylic acids is 1. The highest BCUT2D eigenvalue weighted by Gasteiger charge is 2.39. The molecule has 1 aromatic carbocycles. The maximum absolute atomic E-state index is 13.6. The summed E-state index contributed by atoms with van der Waals surface area (Å²) in [6, 6.07) is -0.443. The fraction of sp³-hybridized carbons (Fsp3) is 0.333. The number of rotatable bonds is 2. The Balaban J connectivity index is 2.18. The Morgan fingerprint density at radius 3 is 2.62 bits per heavy atom. The number of carbonyl (C=O) groups is 2. The van der Waals surface area contributed by atoms with Crippen molar-refractivity contribution in [3.63, 3.8) is 0 Å². The second kappa shape index (κ2) is 5.94. The van der Waals surface area contributed by atoms with E-state index in [0.717, 1.165) is 11.0 Å². The average Bonchev–Trinajstić information content (AvgIpc) is 2.78. The van der Waals surface area contributed by atoms with Crippen molar-refractivity contribution in [2.24, 2.45) is 0 Å². The van der Waals surface area contributed by atoms with E-state index in [1.807, 2.05) is 0 Å². The Hall–Kier alpha value is -1.74. The van der Waals surface area contributed by atoms with Crippen LogP contribution < -0.4 is 5.32 Å². The summed E-state index contributed by atoms with van der Waals surface area (Å²) in [4.78, 5) is 23.9. The Morgan fingerprint density at radius 1 is 1.33 bits per heavy atom. The van der Waals surface area contributed by atoms with Crippen molar-refractivity contribution in [1.29, 1.82) is 0 Å². The zero-order chi connectivity index (χ0) is 15.7. The van der Waals surface area contributed by atoms with Crippen LogP contribution in [-0.2, 0) is 4.79 Å². The largest absolute Gasteiger partial charge is 0.480 e. The fourth-order valence-corrected chi connectivity index (χ4v) is 2.42. The minimum atomic E-state index is -1.26. The van der Waals surface area contributed by atoms with Crippen LogP contribution in [0.2, 0.25) is 0 Å². The number of carboxylic acid groups (broad SMARTS) is 1. The number of aliphatic hydroxyl groups is 1. The molecule has 9 heteroatoms. The number of anilines is 1. The van der Waals surface area contributed by atoms with Gasteiger partial charge in [0, 0.05) is 19.0 Å². The molecular formula is C12H11BrF2N2O4. The van der Waals surface area contributed by atoms with E-state index in [1.165, 1.54) is 0 Å². The molecule has 6 nitrogen and oxygen atoms in total. The van der Waals surface area contributed by atoms with E-state index >= 15 is 0 Å². The molecule has 1 unspecified atom stereocenters. The number of aliphatic hydroxyl groups excluding tert-OH is 1. The predicted octanol–water partition coefficient (Wildman–Crippen LogP) is 1.78. The van der Waals surface area contributed by atoms with Gasteiger partial charge in [0.05, 0.1) is 16.3 Å². The summed E-state index contributed by atoms with van der Waals surface area (Å²) in [6.45, 7) is -0.174. The smallest absolute Gasteiger partial charge is 0.326 e. The van der Waals surface area contributed by atoms with Gasteiger partial charge in [-0.3, -0.25) is 0 Å². The van der Waals surface area contributed by atoms with E-state index in [0.29, 0.717) is 6.07 Å². The van der Waals surface area contributed by atoms with E-state index < -0.39 is 35.8 Å². The molecule has 1 aromatic rings. The van der Waals surface area contributed by atoms with Crippen LogP contribution in [0.25, 0.3) is 0 Å². The third-order valence-electron chi connectivity index (χ3n) is 3.08. The summed E-state index contributed by atoms with van der Waals surface area (Å²) < 4.78 is 26.6. The van der Waals surface area contributed by atoms with E-state index in [4.69, 9.17) is 5.11 Å². The average molecular weight is 365 g/mol. The van der Waals surface area contributed by atoms with Gasteiger partial charge >= 0.3 is 12.0 Å². The van der Waals surface area contributed by atoms with E-state index in [9.17, 15) is 23.5 Å². The SMILES string of the molecule is O=C(O)[C@@H]1CC(O)CN1C(=O)Nc1cc(Br)c(F)cc1F. The third-order valence-corrected chi connectivity index (χ3v) is 3.68. The second-order valence-corrected chi connectivity index (χ2v) is 5.43. The molecule has 0 saturated carbocycles. The number of carbonyl (C=O) groups excluding carboxylic acids is 1. The van der Waals surface area contributed by atoms with Crippen molar-refractivity contribution >= 4 is 33.6 Å². The molecule has 0 radical (unpaired) electrons. The van der Waals surface area contributed by atoms with Gasteiger partial charge in [0.25, 0.3) is 0 Å². The lowest BCUT2D eigenvalue weighted by atomic mass is 10.2. The minimum absolute atomic E-state index is 0.0459. The monoisotopic (exact) mass is 364 g/mol. The Labute approximate surface area is 126 Å². The van der Waals surface area contributed by atoms with Crippen molar-refractivity contribution in [3.8, 4) is 0 Å². The molecule has 2 rings (SSSR count). The van der Waals surface area contributed by atoms with Gasteiger partial charge in [0.1, 0.15) is 17.7 Å². The zero-order valence-electron chi connectivity index (χ0n) is 10.5. The number of nitrogens with one attached hydrogen (secondary N) is 1. The molecule has 21 heavy (non-hydrogen) atoms. The molecule has 0 aliphatic carbocycles. The minimum Gasteiger partial charge on any atom is -0.480 e. The molecule has 1 aliphatic rings. The zero-order valence-corrected chi connectivity index (χ0v) is 12.1. The molecule has 2 atom stereocenters. The Bertz CT molecular complexity index is 599. The van der Waals surface area contributed by atoms with E-state index in [-0.39, 0.29) is 23.1 Å². The second-order valence-electron chi connectivity index (χ2n) is 4.57. The van der Waals surface area contributed by atoms with Gasteiger partial charge < -0.3 is 20.4 Å². The number of hydrogen-bond donors (Lipinski definition) is 3. The molecule has 3 N–H and O–H groups in total. The molecule has 1 aliphatic heterocycles. The maximum Gasteiger partial charge on any atom is 0.326 e. The molecule has 0 spiro atoms. The highest BCUT2D eigenvalue weighted by Crippen LogP contribution is 2.25. The van der Waals surface area contributed by atoms with Crippen LogP contribution in [0.5, 0.6) is 0 Å². The van der Waals surface area contributed by atoms with Crippen LogP contribution in [0, 0.1) is 11.6 Å².